The van der Waals surface area contributed by atoms with Crippen LogP contribution in [0.1, 0.15) is 29.9 Å². The molecule has 1 aromatic heterocycles. The third-order valence-corrected chi connectivity index (χ3v) is 4.77. The average Bonchev–Trinajstić information content (AvgIpc) is 3.20. The number of benzene rings is 1. The van der Waals surface area contributed by atoms with Crippen LogP contribution in [0.25, 0.3) is 0 Å². The second-order valence-corrected chi connectivity index (χ2v) is 6.45. The molecule has 2 heterocycles. The number of aromatic amines is 1. The topological polar surface area (TPSA) is 106 Å². The van der Waals surface area contributed by atoms with Gasteiger partial charge in [-0.1, -0.05) is 0 Å². The van der Waals surface area contributed by atoms with Gasteiger partial charge in [0.1, 0.15) is 23.6 Å². The highest BCUT2D eigenvalue weighted by molar-refractivity contribution is 5.83. The molecular weight excluding hydrogens is 364 g/mol. The van der Waals surface area contributed by atoms with Crippen LogP contribution in [0.15, 0.2) is 24.5 Å². The van der Waals surface area contributed by atoms with E-state index in [9.17, 15) is 9.59 Å². The van der Waals surface area contributed by atoms with Gasteiger partial charge in [0.2, 0.25) is 0 Å². The normalized spacial score (nSPS) is 16.7. The van der Waals surface area contributed by atoms with E-state index in [1.165, 1.54) is 7.11 Å². The molecule has 2 N–H and O–H groups in total. The largest absolute Gasteiger partial charge is 0.497 e. The van der Waals surface area contributed by atoms with Gasteiger partial charge in [0.25, 0.3) is 0 Å². The number of aromatic nitrogens is 2. The summed E-state index contributed by atoms with van der Waals surface area (Å²) < 4.78 is 15.4. The van der Waals surface area contributed by atoms with Crippen molar-refractivity contribution in [1.82, 2.24) is 20.2 Å². The molecule has 0 saturated carbocycles. The Balaban J connectivity index is 1.99. The summed E-state index contributed by atoms with van der Waals surface area (Å²) in [6.07, 6.45) is 2.25. The molecule has 28 heavy (non-hydrogen) atoms. The van der Waals surface area contributed by atoms with E-state index < -0.39 is 18.1 Å². The molecule has 1 unspecified atom stereocenters. The number of fused-ring (bicyclic) bond motifs is 1. The molecule has 9 heteroatoms. The van der Waals surface area contributed by atoms with Crippen LogP contribution in [0.2, 0.25) is 0 Å². The van der Waals surface area contributed by atoms with Crippen LogP contribution in [-0.2, 0) is 16.0 Å². The van der Waals surface area contributed by atoms with Crippen LogP contribution in [0, 0.1) is 0 Å². The third-order valence-electron chi connectivity index (χ3n) is 4.77. The Kier molecular flexibility index (Phi) is 5.72. The van der Waals surface area contributed by atoms with Gasteiger partial charge in [-0.2, -0.15) is 0 Å². The highest BCUT2D eigenvalue weighted by Gasteiger charge is 2.35. The number of methoxy groups -OCH3 is 3. The number of esters is 1. The molecule has 1 aliphatic rings. The van der Waals surface area contributed by atoms with Crippen LogP contribution < -0.4 is 14.8 Å². The van der Waals surface area contributed by atoms with Gasteiger partial charge >= 0.3 is 12.0 Å². The Morgan fingerprint density at radius 1 is 1.21 bits per heavy atom. The Labute approximate surface area is 163 Å². The Morgan fingerprint density at radius 2 is 1.89 bits per heavy atom. The van der Waals surface area contributed by atoms with Crippen molar-refractivity contribution >= 4 is 12.0 Å². The highest BCUT2D eigenvalue weighted by atomic mass is 16.5. The summed E-state index contributed by atoms with van der Waals surface area (Å²) in [5.74, 6) is 0.714. The van der Waals surface area contributed by atoms with Crippen molar-refractivity contribution in [2.24, 2.45) is 0 Å². The first-order valence-corrected chi connectivity index (χ1v) is 8.88. The number of hydrogen-bond acceptors (Lipinski definition) is 6. The molecule has 0 saturated heterocycles. The molecular formula is C19H24N4O5. The number of carbonyl (C=O) groups excluding carboxylic acids is 2. The van der Waals surface area contributed by atoms with Crippen LogP contribution in [0.4, 0.5) is 4.79 Å². The average molecular weight is 388 g/mol. The Bertz CT molecular complexity index is 844. The number of hydrogen-bond donors (Lipinski definition) is 2. The quantitative estimate of drug-likeness (QED) is 0.755. The molecule has 2 amide bonds. The van der Waals surface area contributed by atoms with Gasteiger partial charge in [-0.15, -0.1) is 0 Å². The third kappa shape index (κ3) is 3.73. The minimum absolute atomic E-state index is 0.377. The molecule has 0 fully saturated rings. The van der Waals surface area contributed by atoms with Crippen molar-refractivity contribution < 1.29 is 23.8 Å². The van der Waals surface area contributed by atoms with Gasteiger partial charge in [0, 0.05) is 24.7 Å². The number of urea groups is 1. The van der Waals surface area contributed by atoms with E-state index in [1.807, 2.05) is 12.1 Å². The molecule has 3 rings (SSSR count). The summed E-state index contributed by atoms with van der Waals surface area (Å²) >= 11 is 0. The molecule has 150 valence electrons. The monoisotopic (exact) mass is 388 g/mol. The summed E-state index contributed by atoms with van der Waals surface area (Å²) in [5.41, 5.74) is 2.52. The molecule has 0 bridgehead atoms. The number of nitrogens with one attached hydrogen (secondary N) is 2. The highest BCUT2D eigenvalue weighted by Crippen LogP contribution is 2.36. The van der Waals surface area contributed by atoms with Crippen molar-refractivity contribution in [1.29, 1.82) is 0 Å². The first kappa shape index (κ1) is 19.5. The minimum Gasteiger partial charge on any atom is -0.497 e. The fourth-order valence-corrected chi connectivity index (χ4v) is 3.32. The first-order valence-electron chi connectivity index (χ1n) is 8.88. The van der Waals surface area contributed by atoms with Gasteiger partial charge in [0.15, 0.2) is 0 Å². The molecule has 0 aliphatic carbocycles. The van der Waals surface area contributed by atoms with E-state index in [2.05, 4.69) is 15.3 Å². The molecule has 9 nitrogen and oxygen atoms in total. The first-order chi connectivity index (χ1) is 13.5. The van der Waals surface area contributed by atoms with Crippen molar-refractivity contribution in [2.45, 2.75) is 25.4 Å². The molecule has 0 spiro atoms. The van der Waals surface area contributed by atoms with E-state index in [-0.39, 0.29) is 6.03 Å². The SMILES string of the molecule is COC(=O)[C@H](C)NC(=O)N1CCc2[nH]cnc2C1c1cc(OC)cc(OC)c1. The Hall–Kier alpha value is -3.23. The number of imidazole rings is 1. The number of H-pyrrole nitrogens is 1. The maximum absolute atomic E-state index is 13.0. The van der Waals surface area contributed by atoms with Gasteiger partial charge in [-0.25, -0.2) is 14.6 Å². The van der Waals surface area contributed by atoms with Crippen molar-refractivity contribution in [3.05, 3.63) is 41.5 Å². The molecule has 2 atom stereocenters. The van der Waals surface area contributed by atoms with Crippen LogP contribution in [0.5, 0.6) is 11.5 Å². The zero-order valence-electron chi connectivity index (χ0n) is 16.3. The zero-order valence-corrected chi connectivity index (χ0v) is 16.3. The predicted molar refractivity (Wildman–Crippen MR) is 100 cm³/mol. The number of amides is 2. The summed E-state index contributed by atoms with van der Waals surface area (Å²) in [6.45, 7) is 2.04. The molecule has 1 aromatic carbocycles. The van der Waals surface area contributed by atoms with Gasteiger partial charge < -0.3 is 29.4 Å². The summed E-state index contributed by atoms with van der Waals surface area (Å²) in [5, 5.41) is 2.69. The van der Waals surface area contributed by atoms with Crippen molar-refractivity contribution in [2.75, 3.05) is 27.9 Å². The van der Waals surface area contributed by atoms with Gasteiger partial charge in [-0.05, 0) is 24.6 Å². The van der Waals surface area contributed by atoms with Crippen LogP contribution in [0.3, 0.4) is 0 Å². The number of nitrogens with zero attached hydrogens (tertiary/aromatic N) is 2. The van der Waals surface area contributed by atoms with E-state index in [1.54, 1.807) is 38.4 Å². The summed E-state index contributed by atoms with van der Waals surface area (Å²) in [6, 6.07) is 3.87. The number of carbonyl (C=O) groups is 2. The zero-order chi connectivity index (χ0) is 20.3. The molecule has 2 aromatic rings. The summed E-state index contributed by atoms with van der Waals surface area (Å²) in [7, 11) is 4.43. The molecule has 0 radical (unpaired) electrons. The fourth-order valence-electron chi connectivity index (χ4n) is 3.32. The number of rotatable bonds is 5. The summed E-state index contributed by atoms with van der Waals surface area (Å²) in [4.78, 5) is 33.9. The molecule has 1 aliphatic heterocycles. The van der Waals surface area contributed by atoms with Crippen molar-refractivity contribution in [3.63, 3.8) is 0 Å². The second-order valence-electron chi connectivity index (χ2n) is 6.45. The van der Waals surface area contributed by atoms with Crippen LogP contribution in [-0.4, -0.2) is 60.8 Å². The maximum atomic E-state index is 13.0. The van der Waals surface area contributed by atoms with E-state index in [0.29, 0.717) is 24.5 Å². The second kappa shape index (κ2) is 8.20. The predicted octanol–water partition coefficient (Wildman–Crippen LogP) is 1.65. The lowest BCUT2D eigenvalue weighted by atomic mass is 9.95. The lowest BCUT2D eigenvalue weighted by Crippen LogP contribution is -2.50. The maximum Gasteiger partial charge on any atom is 0.328 e. The van der Waals surface area contributed by atoms with Gasteiger partial charge in [-0.3, -0.25) is 0 Å². The smallest absolute Gasteiger partial charge is 0.328 e. The fraction of sp³-hybridized carbons (Fsp3) is 0.421. The van der Waals surface area contributed by atoms with Crippen LogP contribution >= 0.6 is 0 Å². The van der Waals surface area contributed by atoms with E-state index in [0.717, 1.165) is 17.0 Å². The standard InChI is InChI=1S/C19H24N4O5/c1-11(18(24)28-4)22-19(25)23-6-5-15-16(21-10-20-15)17(23)12-7-13(26-2)9-14(8-12)27-3/h7-11,17H,5-6H2,1-4H3,(H,20,21)(H,22,25)/t11-,17?/m0/s1. The Morgan fingerprint density at radius 3 is 2.50 bits per heavy atom. The van der Waals surface area contributed by atoms with E-state index >= 15 is 0 Å². The van der Waals surface area contributed by atoms with Gasteiger partial charge in [0.05, 0.1) is 33.4 Å². The minimum atomic E-state index is -0.765. The van der Waals surface area contributed by atoms with E-state index in [4.69, 9.17) is 14.2 Å². The lowest BCUT2D eigenvalue weighted by Gasteiger charge is -2.36. The number of ether oxygens (including phenoxy) is 3. The van der Waals surface area contributed by atoms with Crippen molar-refractivity contribution in [3.8, 4) is 11.5 Å². The lowest BCUT2D eigenvalue weighted by molar-refractivity contribution is -0.142.